The fraction of sp³-hybridized carbons (Fsp3) is 0.474. The zero-order valence-electron chi connectivity index (χ0n) is 14.7. The van der Waals surface area contributed by atoms with E-state index in [9.17, 15) is 0 Å². The first kappa shape index (κ1) is 17.3. The zero-order valence-corrected chi connectivity index (χ0v) is 14.7. The standard InChI is InChI=1S/C19H28N4/c1-5-6-9-13-20-18-21-14-12-17(23-18)22-16-11-8-7-10-15(16)19(2,3)4/h7-8,10-12,14H,5-6,9,13H2,1-4H3,(H2,20,21,22,23). The first-order valence-corrected chi connectivity index (χ1v) is 8.44. The van der Waals surface area contributed by atoms with Crippen molar-refractivity contribution in [2.45, 2.75) is 52.4 Å². The van der Waals surface area contributed by atoms with E-state index in [0.717, 1.165) is 24.5 Å². The molecule has 0 radical (unpaired) electrons. The normalized spacial score (nSPS) is 11.3. The minimum Gasteiger partial charge on any atom is -0.354 e. The Bertz CT molecular complexity index is 617. The smallest absolute Gasteiger partial charge is 0.224 e. The highest BCUT2D eigenvalue weighted by Crippen LogP contribution is 2.30. The Labute approximate surface area is 139 Å². The number of anilines is 3. The minimum absolute atomic E-state index is 0.0812. The highest BCUT2D eigenvalue weighted by atomic mass is 15.1. The van der Waals surface area contributed by atoms with E-state index < -0.39 is 0 Å². The van der Waals surface area contributed by atoms with E-state index in [1.807, 2.05) is 12.1 Å². The van der Waals surface area contributed by atoms with Gasteiger partial charge in [-0.25, -0.2) is 4.98 Å². The van der Waals surface area contributed by atoms with Crippen LogP contribution in [0.4, 0.5) is 17.5 Å². The third-order valence-corrected chi connectivity index (χ3v) is 3.72. The molecule has 0 aliphatic carbocycles. The van der Waals surface area contributed by atoms with Gasteiger partial charge in [0.2, 0.25) is 5.95 Å². The van der Waals surface area contributed by atoms with E-state index in [0.29, 0.717) is 5.95 Å². The molecule has 2 aromatic rings. The van der Waals surface area contributed by atoms with Gasteiger partial charge in [-0.1, -0.05) is 58.7 Å². The Hall–Kier alpha value is -2.10. The van der Waals surface area contributed by atoms with E-state index in [-0.39, 0.29) is 5.41 Å². The van der Waals surface area contributed by atoms with E-state index in [2.05, 4.69) is 66.5 Å². The number of para-hydroxylation sites is 1. The van der Waals surface area contributed by atoms with Gasteiger partial charge >= 0.3 is 0 Å². The topological polar surface area (TPSA) is 49.8 Å². The predicted molar refractivity (Wildman–Crippen MR) is 98.5 cm³/mol. The van der Waals surface area contributed by atoms with Gasteiger partial charge in [0.15, 0.2) is 0 Å². The summed E-state index contributed by atoms with van der Waals surface area (Å²) < 4.78 is 0. The molecule has 4 heteroatoms. The van der Waals surface area contributed by atoms with Crippen LogP contribution in [0, 0.1) is 0 Å². The lowest BCUT2D eigenvalue weighted by Crippen LogP contribution is -2.14. The molecule has 2 rings (SSSR count). The van der Waals surface area contributed by atoms with Gasteiger partial charge in [-0.3, -0.25) is 0 Å². The van der Waals surface area contributed by atoms with Crippen molar-refractivity contribution >= 4 is 17.5 Å². The molecule has 23 heavy (non-hydrogen) atoms. The number of aromatic nitrogens is 2. The third kappa shape index (κ3) is 5.23. The largest absolute Gasteiger partial charge is 0.354 e. The molecule has 0 saturated heterocycles. The van der Waals surface area contributed by atoms with Crippen LogP contribution in [0.25, 0.3) is 0 Å². The van der Waals surface area contributed by atoms with Crippen LogP contribution in [0.1, 0.15) is 52.5 Å². The van der Waals surface area contributed by atoms with Crippen molar-refractivity contribution in [3.63, 3.8) is 0 Å². The van der Waals surface area contributed by atoms with Gasteiger partial charge in [0.05, 0.1) is 0 Å². The second-order valence-corrected chi connectivity index (χ2v) is 6.82. The summed E-state index contributed by atoms with van der Waals surface area (Å²) in [6.07, 6.45) is 5.37. The summed E-state index contributed by atoms with van der Waals surface area (Å²) >= 11 is 0. The molecule has 2 N–H and O–H groups in total. The Morgan fingerprint density at radius 3 is 2.57 bits per heavy atom. The van der Waals surface area contributed by atoms with E-state index in [1.54, 1.807) is 6.20 Å². The number of unbranched alkanes of at least 4 members (excludes halogenated alkanes) is 2. The van der Waals surface area contributed by atoms with Crippen molar-refractivity contribution < 1.29 is 0 Å². The third-order valence-electron chi connectivity index (χ3n) is 3.72. The summed E-state index contributed by atoms with van der Waals surface area (Å²) in [6.45, 7) is 9.76. The fourth-order valence-corrected chi connectivity index (χ4v) is 2.47. The summed E-state index contributed by atoms with van der Waals surface area (Å²) in [7, 11) is 0. The fourth-order valence-electron chi connectivity index (χ4n) is 2.47. The maximum Gasteiger partial charge on any atom is 0.224 e. The molecule has 0 spiro atoms. The van der Waals surface area contributed by atoms with Crippen molar-refractivity contribution in [2.75, 3.05) is 17.2 Å². The van der Waals surface area contributed by atoms with Crippen molar-refractivity contribution in [1.82, 2.24) is 9.97 Å². The molecule has 124 valence electrons. The maximum absolute atomic E-state index is 4.56. The molecule has 0 fully saturated rings. The monoisotopic (exact) mass is 312 g/mol. The molecule has 0 aliphatic heterocycles. The highest BCUT2D eigenvalue weighted by molar-refractivity contribution is 5.62. The van der Waals surface area contributed by atoms with Gasteiger partial charge in [-0.05, 0) is 29.5 Å². The lowest BCUT2D eigenvalue weighted by atomic mass is 9.86. The maximum atomic E-state index is 4.56. The predicted octanol–water partition coefficient (Wildman–Crippen LogP) is 5.12. The van der Waals surface area contributed by atoms with Crippen LogP contribution in [0.15, 0.2) is 36.5 Å². The molecule has 0 bridgehead atoms. The quantitative estimate of drug-likeness (QED) is 0.697. The minimum atomic E-state index is 0.0812. The van der Waals surface area contributed by atoms with Gasteiger partial charge in [0.1, 0.15) is 5.82 Å². The highest BCUT2D eigenvalue weighted by Gasteiger charge is 2.17. The summed E-state index contributed by atoms with van der Waals surface area (Å²) in [5, 5.41) is 6.72. The second kappa shape index (κ2) is 7.95. The molecule has 0 amide bonds. The summed E-state index contributed by atoms with van der Waals surface area (Å²) in [6, 6.07) is 10.3. The Morgan fingerprint density at radius 1 is 1.04 bits per heavy atom. The Morgan fingerprint density at radius 2 is 1.83 bits per heavy atom. The van der Waals surface area contributed by atoms with E-state index in [1.165, 1.54) is 18.4 Å². The number of rotatable bonds is 7. The molecular formula is C19H28N4. The first-order chi connectivity index (χ1) is 11.0. The summed E-state index contributed by atoms with van der Waals surface area (Å²) in [5.74, 6) is 1.49. The van der Waals surface area contributed by atoms with E-state index in [4.69, 9.17) is 0 Å². The summed E-state index contributed by atoms with van der Waals surface area (Å²) in [5.41, 5.74) is 2.45. The van der Waals surface area contributed by atoms with Gasteiger partial charge in [-0.15, -0.1) is 0 Å². The Kier molecular flexibility index (Phi) is 5.97. The van der Waals surface area contributed by atoms with Crippen molar-refractivity contribution in [1.29, 1.82) is 0 Å². The summed E-state index contributed by atoms with van der Waals surface area (Å²) in [4.78, 5) is 8.84. The average Bonchev–Trinajstić information content (AvgIpc) is 2.51. The van der Waals surface area contributed by atoms with Crippen LogP contribution >= 0.6 is 0 Å². The zero-order chi connectivity index (χ0) is 16.7. The van der Waals surface area contributed by atoms with Crippen molar-refractivity contribution in [3.8, 4) is 0 Å². The van der Waals surface area contributed by atoms with Crippen molar-refractivity contribution in [2.24, 2.45) is 0 Å². The van der Waals surface area contributed by atoms with E-state index >= 15 is 0 Å². The average molecular weight is 312 g/mol. The number of nitrogens with one attached hydrogen (secondary N) is 2. The van der Waals surface area contributed by atoms with Crippen LogP contribution in [-0.2, 0) is 5.41 Å². The molecule has 1 heterocycles. The second-order valence-electron chi connectivity index (χ2n) is 6.82. The van der Waals surface area contributed by atoms with Gasteiger partial charge in [0, 0.05) is 18.4 Å². The lowest BCUT2D eigenvalue weighted by molar-refractivity contribution is 0.592. The Balaban J connectivity index is 2.09. The van der Waals surface area contributed by atoms with Crippen LogP contribution < -0.4 is 10.6 Å². The van der Waals surface area contributed by atoms with Gasteiger partial charge in [-0.2, -0.15) is 4.98 Å². The molecular weight excluding hydrogens is 284 g/mol. The number of benzene rings is 1. The van der Waals surface area contributed by atoms with Gasteiger partial charge in [0.25, 0.3) is 0 Å². The van der Waals surface area contributed by atoms with Gasteiger partial charge < -0.3 is 10.6 Å². The molecule has 0 aliphatic rings. The SMILES string of the molecule is CCCCCNc1nccc(Nc2ccccc2C(C)(C)C)n1. The van der Waals surface area contributed by atoms with Crippen LogP contribution in [-0.4, -0.2) is 16.5 Å². The molecule has 0 unspecified atom stereocenters. The van der Waals surface area contributed by atoms with Crippen LogP contribution in [0.5, 0.6) is 0 Å². The van der Waals surface area contributed by atoms with Crippen LogP contribution in [0.3, 0.4) is 0 Å². The van der Waals surface area contributed by atoms with Crippen LogP contribution in [0.2, 0.25) is 0 Å². The number of hydrogen-bond donors (Lipinski definition) is 2. The first-order valence-electron chi connectivity index (χ1n) is 8.44. The molecule has 1 aromatic heterocycles. The molecule has 0 atom stereocenters. The lowest BCUT2D eigenvalue weighted by Gasteiger charge is -2.23. The molecule has 4 nitrogen and oxygen atoms in total. The van der Waals surface area contributed by atoms with Crippen molar-refractivity contribution in [3.05, 3.63) is 42.1 Å². The molecule has 1 aromatic carbocycles. The number of hydrogen-bond acceptors (Lipinski definition) is 4. The molecule has 0 saturated carbocycles. The number of nitrogens with zero attached hydrogens (tertiary/aromatic N) is 2.